The van der Waals surface area contributed by atoms with Crippen molar-refractivity contribution in [1.82, 2.24) is 5.32 Å². The highest BCUT2D eigenvalue weighted by Crippen LogP contribution is 2.24. The van der Waals surface area contributed by atoms with Gasteiger partial charge in [0, 0.05) is 25.8 Å². The Morgan fingerprint density at radius 3 is 2.83 bits per heavy atom. The molecule has 1 fully saturated rings. The molecule has 0 atom stereocenters. The molecule has 1 aromatic rings. The fourth-order valence-corrected chi connectivity index (χ4v) is 2.53. The number of hydrogen-bond donors (Lipinski definition) is 2. The van der Waals surface area contributed by atoms with E-state index in [2.05, 4.69) is 24.5 Å². The van der Waals surface area contributed by atoms with Gasteiger partial charge in [0.2, 0.25) is 11.8 Å². The summed E-state index contributed by atoms with van der Waals surface area (Å²) in [6.07, 6.45) is 2.07. The Morgan fingerprint density at radius 2 is 2.08 bits per heavy atom. The molecular weight excluding hydrogens is 307 g/mol. The number of carbonyl (C=O) groups excluding carboxylic acids is 2. The fourth-order valence-electron chi connectivity index (χ4n) is 2.53. The van der Waals surface area contributed by atoms with Gasteiger partial charge < -0.3 is 19.9 Å². The van der Waals surface area contributed by atoms with E-state index in [1.807, 2.05) is 18.2 Å². The van der Waals surface area contributed by atoms with E-state index in [1.165, 1.54) is 6.92 Å². The van der Waals surface area contributed by atoms with Crippen molar-refractivity contribution >= 4 is 30.1 Å². The SMILES string of the molecule is CC(=O)NCC(=O)Nc1cccc(B2OCCCC(C)(C)CO2)c1. The highest BCUT2D eigenvalue weighted by Gasteiger charge is 2.29. The predicted molar refractivity (Wildman–Crippen MR) is 94.1 cm³/mol. The number of rotatable bonds is 4. The van der Waals surface area contributed by atoms with Gasteiger partial charge >= 0.3 is 7.12 Å². The van der Waals surface area contributed by atoms with Crippen molar-refractivity contribution in [3.8, 4) is 0 Å². The highest BCUT2D eigenvalue weighted by atomic mass is 16.6. The molecule has 0 unspecified atom stereocenters. The summed E-state index contributed by atoms with van der Waals surface area (Å²) in [7, 11) is -0.434. The van der Waals surface area contributed by atoms with Crippen LogP contribution < -0.4 is 16.1 Å². The maximum absolute atomic E-state index is 11.8. The zero-order valence-corrected chi connectivity index (χ0v) is 14.6. The summed E-state index contributed by atoms with van der Waals surface area (Å²) in [5.41, 5.74) is 1.65. The minimum Gasteiger partial charge on any atom is -0.407 e. The second kappa shape index (κ2) is 8.30. The van der Waals surface area contributed by atoms with Gasteiger partial charge in [-0.25, -0.2) is 0 Å². The Kier molecular flexibility index (Phi) is 6.40. The molecule has 1 heterocycles. The number of amides is 2. The van der Waals surface area contributed by atoms with Crippen LogP contribution in [0.3, 0.4) is 0 Å². The van der Waals surface area contributed by atoms with E-state index in [-0.39, 0.29) is 23.8 Å². The molecule has 6 nitrogen and oxygen atoms in total. The van der Waals surface area contributed by atoms with E-state index in [9.17, 15) is 9.59 Å². The second-order valence-corrected chi connectivity index (χ2v) is 6.86. The molecule has 0 aromatic heterocycles. The maximum Gasteiger partial charge on any atom is 0.493 e. The predicted octanol–water partition coefficient (Wildman–Crippen LogP) is 1.31. The third-order valence-electron chi connectivity index (χ3n) is 3.83. The van der Waals surface area contributed by atoms with Gasteiger partial charge in [0.15, 0.2) is 0 Å². The molecular formula is C17H25BN2O4. The summed E-state index contributed by atoms with van der Waals surface area (Å²) >= 11 is 0. The van der Waals surface area contributed by atoms with Crippen molar-refractivity contribution in [2.75, 3.05) is 25.1 Å². The molecule has 0 spiro atoms. The average molecular weight is 332 g/mol. The highest BCUT2D eigenvalue weighted by molar-refractivity contribution is 6.61. The van der Waals surface area contributed by atoms with Gasteiger partial charge in [-0.05, 0) is 35.9 Å². The molecule has 2 rings (SSSR count). The van der Waals surface area contributed by atoms with Crippen molar-refractivity contribution in [3.05, 3.63) is 24.3 Å². The van der Waals surface area contributed by atoms with Crippen molar-refractivity contribution in [1.29, 1.82) is 0 Å². The molecule has 0 aliphatic carbocycles. The molecule has 0 saturated carbocycles. The quantitative estimate of drug-likeness (QED) is 0.815. The Labute approximate surface area is 143 Å². The molecule has 0 bridgehead atoms. The zero-order chi connectivity index (χ0) is 17.6. The van der Waals surface area contributed by atoms with Crippen LogP contribution in [0.2, 0.25) is 0 Å². The largest absolute Gasteiger partial charge is 0.493 e. The van der Waals surface area contributed by atoms with E-state index in [1.54, 1.807) is 6.07 Å². The summed E-state index contributed by atoms with van der Waals surface area (Å²) in [6.45, 7) is 6.97. The van der Waals surface area contributed by atoms with Crippen LogP contribution in [0.25, 0.3) is 0 Å². The summed E-state index contributed by atoms with van der Waals surface area (Å²) in [6, 6.07) is 7.40. The minimum atomic E-state index is -0.434. The first kappa shape index (κ1) is 18.5. The van der Waals surface area contributed by atoms with Crippen LogP contribution in [0.1, 0.15) is 33.6 Å². The van der Waals surface area contributed by atoms with E-state index in [0.717, 1.165) is 18.3 Å². The second-order valence-electron chi connectivity index (χ2n) is 6.86. The van der Waals surface area contributed by atoms with E-state index in [4.69, 9.17) is 9.31 Å². The lowest BCUT2D eigenvalue weighted by Crippen LogP contribution is -2.41. The van der Waals surface area contributed by atoms with Gasteiger partial charge in [-0.1, -0.05) is 26.0 Å². The lowest BCUT2D eigenvalue weighted by molar-refractivity contribution is -0.122. The average Bonchev–Trinajstić information content (AvgIpc) is 2.50. The molecule has 1 saturated heterocycles. The van der Waals surface area contributed by atoms with Gasteiger partial charge in [0.05, 0.1) is 6.54 Å². The maximum atomic E-state index is 11.8. The summed E-state index contributed by atoms with van der Waals surface area (Å²) in [5, 5.41) is 5.22. The number of nitrogens with one attached hydrogen (secondary N) is 2. The monoisotopic (exact) mass is 332 g/mol. The van der Waals surface area contributed by atoms with Crippen molar-refractivity contribution in [2.45, 2.75) is 33.6 Å². The Bertz CT molecular complexity index is 592. The lowest BCUT2D eigenvalue weighted by atomic mass is 9.76. The van der Waals surface area contributed by atoms with Crippen LogP contribution in [0, 0.1) is 5.41 Å². The zero-order valence-electron chi connectivity index (χ0n) is 14.6. The Morgan fingerprint density at radius 1 is 1.29 bits per heavy atom. The molecule has 130 valence electrons. The van der Waals surface area contributed by atoms with Crippen LogP contribution >= 0.6 is 0 Å². The van der Waals surface area contributed by atoms with Crippen LogP contribution in [-0.2, 0) is 18.9 Å². The van der Waals surface area contributed by atoms with Crippen molar-refractivity contribution < 1.29 is 18.9 Å². The fraction of sp³-hybridized carbons (Fsp3) is 0.529. The molecule has 24 heavy (non-hydrogen) atoms. The first-order valence-electron chi connectivity index (χ1n) is 8.23. The topological polar surface area (TPSA) is 76.7 Å². The van der Waals surface area contributed by atoms with Crippen molar-refractivity contribution in [2.24, 2.45) is 5.41 Å². The molecule has 7 heteroatoms. The van der Waals surface area contributed by atoms with Gasteiger partial charge in [-0.15, -0.1) is 0 Å². The van der Waals surface area contributed by atoms with Gasteiger partial charge in [-0.3, -0.25) is 9.59 Å². The number of benzene rings is 1. The lowest BCUT2D eigenvalue weighted by Gasteiger charge is -2.29. The Balaban J connectivity index is 2.00. The Hall–Kier alpha value is -1.86. The molecule has 1 aliphatic rings. The first-order chi connectivity index (χ1) is 11.4. The normalized spacial score (nSPS) is 17.5. The third-order valence-corrected chi connectivity index (χ3v) is 3.83. The van der Waals surface area contributed by atoms with Crippen molar-refractivity contribution in [3.63, 3.8) is 0 Å². The number of anilines is 1. The van der Waals surface area contributed by atoms with Crippen LogP contribution in [-0.4, -0.2) is 38.7 Å². The number of hydrogen-bond acceptors (Lipinski definition) is 4. The van der Waals surface area contributed by atoms with E-state index >= 15 is 0 Å². The minimum absolute atomic E-state index is 0.0514. The van der Waals surface area contributed by atoms with Crippen LogP contribution in [0.4, 0.5) is 5.69 Å². The summed E-state index contributed by atoms with van der Waals surface area (Å²) in [5.74, 6) is -0.513. The van der Waals surface area contributed by atoms with Crippen LogP contribution in [0.5, 0.6) is 0 Å². The van der Waals surface area contributed by atoms with E-state index < -0.39 is 7.12 Å². The molecule has 0 radical (unpaired) electrons. The molecule has 2 N–H and O–H groups in total. The molecule has 1 aromatic carbocycles. The standard InChI is InChI=1S/C17H25BN2O4/c1-13(21)19-11-16(22)20-15-7-4-6-14(10-15)18-23-9-5-8-17(2,3)12-24-18/h4,6-7,10H,5,8-9,11-12H2,1-3H3,(H,19,21)(H,20,22). The van der Waals surface area contributed by atoms with Crippen LogP contribution in [0.15, 0.2) is 24.3 Å². The summed E-state index contributed by atoms with van der Waals surface area (Å²) < 4.78 is 11.7. The third kappa shape index (κ3) is 5.98. The molecule has 2 amide bonds. The molecule has 1 aliphatic heterocycles. The smallest absolute Gasteiger partial charge is 0.407 e. The first-order valence-corrected chi connectivity index (χ1v) is 8.23. The van der Waals surface area contributed by atoms with Gasteiger partial charge in [0.25, 0.3) is 0 Å². The van der Waals surface area contributed by atoms with E-state index in [0.29, 0.717) is 18.9 Å². The van der Waals surface area contributed by atoms with Gasteiger partial charge in [0.1, 0.15) is 0 Å². The number of carbonyl (C=O) groups is 2. The van der Waals surface area contributed by atoms with Gasteiger partial charge in [-0.2, -0.15) is 0 Å². The summed E-state index contributed by atoms with van der Waals surface area (Å²) in [4.78, 5) is 22.7.